The first-order valence-corrected chi connectivity index (χ1v) is 9.01. The standard InChI is InChI=1S/C14H19N3O5S/c1-10(18)13-7-12(3-4-14(13)17(19)20)15-8-11-5-6-16(9-11)23(2,21)22/h3-4,7,11,15H,5-6,8-9H2,1-2H3/t11-/m0/s1. The number of benzene rings is 1. The summed E-state index contributed by atoms with van der Waals surface area (Å²) in [6, 6.07) is 4.31. The average molecular weight is 341 g/mol. The molecule has 0 spiro atoms. The molecule has 1 aliphatic heterocycles. The highest BCUT2D eigenvalue weighted by atomic mass is 32.2. The molecule has 0 aromatic heterocycles. The molecule has 0 aliphatic carbocycles. The summed E-state index contributed by atoms with van der Waals surface area (Å²) in [5.41, 5.74) is 0.454. The van der Waals surface area contributed by atoms with Crippen LogP contribution in [0.25, 0.3) is 0 Å². The van der Waals surface area contributed by atoms with Gasteiger partial charge in [0.15, 0.2) is 5.78 Å². The Morgan fingerprint density at radius 2 is 2.17 bits per heavy atom. The van der Waals surface area contributed by atoms with Gasteiger partial charge in [-0.15, -0.1) is 0 Å². The Hall–Kier alpha value is -2.00. The van der Waals surface area contributed by atoms with Crippen LogP contribution in [0.4, 0.5) is 11.4 Å². The van der Waals surface area contributed by atoms with E-state index in [2.05, 4.69) is 5.32 Å². The van der Waals surface area contributed by atoms with Crippen LogP contribution in [0, 0.1) is 16.0 Å². The first-order chi connectivity index (χ1) is 10.7. The maximum Gasteiger partial charge on any atom is 0.280 e. The third kappa shape index (κ3) is 4.26. The molecule has 0 unspecified atom stereocenters. The van der Waals surface area contributed by atoms with E-state index < -0.39 is 14.9 Å². The summed E-state index contributed by atoms with van der Waals surface area (Å²) in [4.78, 5) is 21.9. The largest absolute Gasteiger partial charge is 0.385 e. The summed E-state index contributed by atoms with van der Waals surface area (Å²) in [6.45, 7) is 2.79. The lowest BCUT2D eigenvalue weighted by atomic mass is 10.1. The van der Waals surface area contributed by atoms with E-state index in [9.17, 15) is 23.3 Å². The molecule has 0 radical (unpaired) electrons. The molecule has 0 amide bonds. The number of carbonyl (C=O) groups is 1. The van der Waals surface area contributed by atoms with Gasteiger partial charge >= 0.3 is 0 Å². The van der Waals surface area contributed by atoms with Gasteiger partial charge in [0.1, 0.15) is 0 Å². The minimum absolute atomic E-state index is 0.0594. The molecule has 23 heavy (non-hydrogen) atoms. The second-order valence-corrected chi connectivity index (χ2v) is 7.68. The lowest BCUT2D eigenvalue weighted by molar-refractivity contribution is -0.385. The van der Waals surface area contributed by atoms with Crippen LogP contribution in [0.15, 0.2) is 18.2 Å². The molecule has 2 rings (SSSR count). The van der Waals surface area contributed by atoms with Gasteiger partial charge in [-0.25, -0.2) is 12.7 Å². The molecular weight excluding hydrogens is 322 g/mol. The van der Waals surface area contributed by atoms with E-state index in [1.807, 2.05) is 0 Å². The van der Waals surface area contributed by atoms with Crippen LogP contribution < -0.4 is 5.32 Å². The van der Waals surface area contributed by atoms with Crippen LogP contribution in [0.1, 0.15) is 23.7 Å². The Bertz CT molecular complexity index is 732. The Labute approximate surface area is 134 Å². The van der Waals surface area contributed by atoms with E-state index in [0.29, 0.717) is 25.3 Å². The van der Waals surface area contributed by atoms with Crippen LogP contribution in [0.3, 0.4) is 0 Å². The number of nitrogens with one attached hydrogen (secondary N) is 1. The van der Waals surface area contributed by atoms with Gasteiger partial charge in [-0.2, -0.15) is 0 Å². The van der Waals surface area contributed by atoms with Crippen molar-refractivity contribution < 1.29 is 18.1 Å². The van der Waals surface area contributed by atoms with Crippen molar-refractivity contribution in [1.29, 1.82) is 0 Å². The third-order valence-electron chi connectivity index (χ3n) is 3.89. The molecular formula is C14H19N3O5S. The number of anilines is 1. The summed E-state index contributed by atoms with van der Waals surface area (Å²) in [5, 5.41) is 14.0. The summed E-state index contributed by atoms with van der Waals surface area (Å²) < 4.78 is 24.4. The van der Waals surface area contributed by atoms with Crippen LogP contribution >= 0.6 is 0 Å². The highest BCUT2D eigenvalue weighted by Gasteiger charge is 2.28. The lowest BCUT2D eigenvalue weighted by Crippen LogP contribution is -2.28. The van der Waals surface area contributed by atoms with Crippen molar-refractivity contribution in [2.75, 3.05) is 31.2 Å². The highest BCUT2D eigenvalue weighted by molar-refractivity contribution is 7.88. The number of ketones is 1. The van der Waals surface area contributed by atoms with Gasteiger partial charge in [-0.3, -0.25) is 14.9 Å². The Morgan fingerprint density at radius 3 is 2.70 bits per heavy atom. The van der Waals surface area contributed by atoms with Gasteiger partial charge in [0.25, 0.3) is 5.69 Å². The number of Topliss-reactive ketones (excluding diaryl/α,β-unsaturated/α-hetero) is 1. The SMILES string of the molecule is CC(=O)c1cc(NC[C@@H]2CCN(S(C)(=O)=O)C2)ccc1[N+](=O)[O-]. The monoisotopic (exact) mass is 341 g/mol. The van der Waals surface area contributed by atoms with Crippen molar-refractivity contribution in [3.63, 3.8) is 0 Å². The second kappa shape index (κ2) is 6.63. The normalized spacial score (nSPS) is 18.8. The molecule has 1 N–H and O–H groups in total. The van der Waals surface area contributed by atoms with E-state index >= 15 is 0 Å². The predicted molar refractivity (Wildman–Crippen MR) is 86.1 cm³/mol. The number of hydrogen-bond donors (Lipinski definition) is 1. The molecule has 0 saturated carbocycles. The van der Waals surface area contributed by atoms with Crippen LogP contribution in [0.2, 0.25) is 0 Å². The summed E-state index contributed by atoms with van der Waals surface area (Å²) >= 11 is 0. The van der Waals surface area contributed by atoms with Crippen molar-refractivity contribution in [1.82, 2.24) is 4.31 Å². The number of hydrogen-bond acceptors (Lipinski definition) is 6. The van der Waals surface area contributed by atoms with Gasteiger partial charge < -0.3 is 5.32 Å². The summed E-state index contributed by atoms with van der Waals surface area (Å²) in [7, 11) is -3.17. The van der Waals surface area contributed by atoms with Gasteiger partial charge in [-0.05, 0) is 31.4 Å². The highest BCUT2D eigenvalue weighted by Crippen LogP contribution is 2.24. The number of nitro groups is 1. The molecule has 1 aromatic carbocycles. The van der Waals surface area contributed by atoms with E-state index in [1.54, 1.807) is 6.07 Å². The first-order valence-electron chi connectivity index (χ1n) is 7.17. The molecule has 126 valence electrons. The fourth-order valence-corrected chi connectivity index (χ4v) is 3.53. The molecule has 1 atom stereocenters. The maximum absolute atomic E-state index is 11.5. The molecule has 9 heteroatoms. The van der Waals surface area contributed by atoms with Gasteiger partial charge in [0.05, 0.1) is 16.7 Å². The Morgan fingerprint density at radius 1 is 1.48 bits per heavy atom. The first kappa shape index (κ1) is 17.4. The number of rotatable bonds is 6. The Balaban J connectivity index is 2.03. The fourth-order valence-electron chi connectivity index (χ4n) is 2.61. The number of nitro benzene ring substituents is 1. The molecule has 0 bridgehead atoms. The maximum atomic E-state index is 11.5. The van der Waals surface area contributed by atoms with E-state index in [-0.39, 0.29) is 23.0 Å². The van der Waals surface area contributed by atoms with Gasteiger partial charge in [0.2, 0.25) is 10.0 Å². The van der Waals surface area contributed by atoms with Crippen LogP contribution in [-0.2, 0) is 10.0 Å². The minimum atomic E-state index is -3.17. The minimum Gasteiger partial charge on any atom is -0.385 e. The molecule has 1 heterocycles. The zero-order chi connectivity index (χ0) is 17.2. The zero-order valence-electron chi connectivity index (χ0n) is 13.0. The van der Waals surface area contributed by atoms with Crippen LogP contribution in [0.5, 0.6) is 0 Å². The number of sulfonamides is 1. The smallest absolute Gasteiger partial charge is 0.280 e. The van der Waals surface area contributed by atoms with Crippen molar-refractivity contribution in [2.24, 2.45) is 5.92 Å². The van der Waals surface area contributed by atoms with Gasteiger partial charge in [0, 0.05) is 31.4 Å². The summed E-state index contributed by atoms with van der Waals surface area (Å²) in [6.07, 6.45) is 1.95. The van der Waals surface area contributed by atoms with Crippen LogP contribution in [-0.4, -0.2) is 49.3 Å². The fraction of sp³-hybridized carbons (Fsp3) is 0.500. The Kier molecular flexibility index (Phi) is 5.00. The van der Waals surface area contributed by atoms with Crippen molar-refractivity contribution in [3.05, 3.63) is 33.9 Å². The van der Waals surface area contributed by atoms with Crippen molar-refractivity contribution >= 4 is 27.2 Å². The molecule has 1 saturated heterocycles. The molecule has 1 aromatic rings. The predicted octanol–water partition coefficient (Wildman–Crippen LogP) is 1.49. The molecule has 1 fully saturated rings. The third-order valence-corrected chi connectivity index (χ3v) is 5.15. The van der Waals surface area contributed by atoms with Crippen molar-refractivity contribution in [3.8, 4) is 0 Å². The van der Waals surface area contributed by atoms with Crippen molar-refractivity contribution in [2.45, 2.75) is 13.3 Å². The summed E-state index contributed by atoms with van der Waals surface area (Å²) in [5.74, 6) is -0.204. The lowest BCUT2D eigenvalue weighted by Gasteiger charge is -2.14. The van der Waals surface area contributed by atoms with E-state index in [1.165, 1.54) is 29.6 Å². The van der Waals surface area contributed by atoms with E-state index in [0.717, 1.165) is 6.42 Å². The quantitative estimate of drug-likeness (QED) is 0.477. The average Bonchev–Trinajstić information content (AvgIpc) is 2.93. The second-order valence-electron chi connectivity index (χ2n) is 5.70. The zero-order valence-corrected chi connectivity index (χ0v) is 13.8. The van der Waals surface area contributed by atoms with Gasteiger partial charge in [-0.1, -0.05) is 0 Å². The molecule has 1 aliphatic rings. The molecule has 8 nitrogen and oxygen atoms in total. The number of nitrogens with zero attached hydrogens (tertiary/aromatic N) is 2. The topological polar surface area (TPSA) is 110 Å². The van der Waals surface area contributed by atoms with E-state index in [4.69, 9.17) is 0 Å². The number of carbonyl (C=O) groups excluding carboxylic acids is 1.